The Morgan fingerprint density at radius 1 is 0.793 bits per heavy atom. The third-order valence-electron chi connectivity index (χ3n) is 4.66. The molecule has 1 rings (SSSR count). The lowest BCUT2D eigenvalue weighted by Crippen LogP contribution is -2.04. The van der Waals surface area contributed by atoms with Crippen molar-refractivity contribution < 1.29 is 14.7 Å². The number of hydrogen-bond donors (Lipinski definition) is 2. The number of carbonyl (C=O) groups excluding carboxylic acids is 1. The molecular formula is C24H40BrNO3. The molecule has 0 radical (unpaired) electrons. The maximum absolute atomic E-state index is 10.6. The number of aliphatic carboxylic acids is 1. The summed E-state index contributed by atoms with van der Waals surface area (Å²) in [5.74, 6) is -0.703. The molecule has 29 heavy (non-hydrogen) atoms. The molecule has 1 aromatic rings. The molecule has 0 aromatic heterocycles. The molecule has 1 amide bonds. The lowest BCUT2D eigenvalue weighted by molar-refractivity contribution is -0.137. The molecule has 1 aromatic carbocycles. The highest BCUT2D eigenvalue weighted by Crippen LogP contribution is 2.14. The first kappa shape index (κ1) is 27.6. The van der Waals surface area contributed by atoms with Gasteiger partial charge >= 0.3 is 5.97 Å². The average molecular weight is 470 g/mol. The van der Waals surface area contributed by atoms with Gasteiger partial charge in [-0.15, -0.1) is 0 Å². The van der Waals surface area contributed by atoms with E-state index in [1.165, 1.54) is 77.6 Å². The maximum atomic E-state index is 10.6. The van der Waals surface area contributed by atoms with Gasteiger partial charge in [0.1, 0.15) is 0 Å². The minimum absolute atomic E-state index is 0.0488. The second kappa shape index (κ2) is 19.9. The molecule has 0 atom stereocenters. The van der Waals surface area contributed by atoms with Crippen LogP contribution in [0.2, 0.25) is 0 Å². The Hall–Kier alpha value is -1.36. The van der Waals surface area contributed by atoms with Crippen molar-refractivity contribution in [3.63, 3.8) is 0 Å². The maximum Gasteiger partial charge on any atom is 0.303 e. The van der Waals surface area contributed by atoms with E-state index in [1.807, 2.05) is 24.3 Å². The van der Waals surface area contributed by atoms with Crippen LogP contribution >= 0.6 is 15.9 Å². The molecule has 2 N–H and O–H groups in total. The van der Waals surface area contributed by atoms with Gasteiger partial charge in [-0.3, -0.25) is 9.59 Å². The van der Waals surface area contributed by atoms with E-state index in [2.05, 4.69) is 28.2 Å². The van der Waals surface area contributed by atoms with E-state index in [0.29, 0.717) is 6.42 Å². The van der Waals surface area contributed by atoms with Crippen molar-refractivity contribution >= 4 is 33.5 Å². The van der Waals surface area contributed by atoms with E-state index < -0.39 is 5.97 Å². The molecule has 0 saturated heterocycles. The summed E-state index contributed by atoms with van der Waals surface area (Å²) < 4.78 is 1.01. The minimum Gasteiger partial charge on any atom is -0.481 e. The Morgan fingerprint density at radius 2 is 1.21 bits per heavy atom. The number of nitrogens with one attached hydrogen (secondary N) is 1. The number of hydrogen-bond acceptors (Lipinski definition) is 2. The molecule has 0 saturated carbocycles. The number of anilines is 1. The van der Waals surface area contributed by atoms with Gasteiger partial charge in [0.15, 0.2) is 0 Å². The fourth-order valence-electron chi connectivity index (χ4n) is 3.03. The number of carbonyl (C=O) groups is 2. The van der Waals surface area contributed by atoms with Crippen LogP contribution in [0.5, 0.6) is 0 Å². The molecule has 0 bridgehead atoms. The molecule has 0 aliphatic rings. The fourth-order valence-corrected chi connectivity index (χ4v) is 3.29. The second-order valence-electron chi connectivity index (χ2n) is 7.57. The Morgan fingerprint density at radius 3 is 1.59 bits per heavy atom. The largest absolute Gasteiger partial charge is 0.481 e. The Kier molecular flexibility index (Phi) is 19.0. The van der Waals surface area contributed by atoms with E-state index in [4.69, 9.17) is 5.11 Å². The van der Waals surface area contributed by atoms with E-state index in [0.717, 1.165) is 23.0 Å². The lowest BCUT2D eigenvalue weighted by Gasteiger charge is -2.02. The average Bonchev–Trinajstić information content (AvgIpc) is 2.67. The highest BCUT2D eigenvalue weighted by Gasteiger charge is 1.97. The monoisotopic (exact) mass is 469 g/mol. The van der Waals surface area contributed by atoms with Crippen LogP contribution in [0.3, 0.4) is 0 Å². The van der Waals surface area contributed by atoms with Crippen LogP contribution in [0.15, 0.2) is 28.7 Å². The zero-order valence-corrected chi connectivity index (χ0v) is 19.9. The van der Waals surface area contributed by atoms with Crippen molar-refractivity contribution in [2.75, 3.05) is 5.32 Å². The Balaban J connectivity index is 0.000000604. The van der Waals surface area contributed by atoms with Crippen molar-refractivity contribution in [1.82, 2.24) is 0 Å². The minimum atomic E-state index is -0.655. The van der Waals surface area contributed by atoms with Crippen molar-refractivity contribution in [3.8, 4) is 0 Å². The van der Waals surface area contributed by atoms with Gasteiger partial charge in [0.2, 0.25) is 5.91 Å². The van der Waals surface area contributed by atoms with Crippen molar-refractivity contribution in [1.29, 1.82) is 0 Å². The lowest BCUT2D eigenvalue weighted by atomic mass is 10.0. The zero-order chi connectivity index (χ0) is 21.7. The fraction of sp³-hybridized carbons (Fsp3) is 0.667. The van der Waals surface area contributed by atoms with Crippen LogP contribution in [0.25, 0.3) is 0 Å². The molecule has 4 nitrogen and oxygen atoms in total. The molecule has 0 spiro atoms. The summed E-state index contributed by atoms with van der Waals surface area (Å²) in [5.41, 5.74) is 0.820. The first-order valence-electron chi connectivity index (χ1n) is 11.2. The highest BCUT2D eigenvalue weighted by atomic mass is 79.9. The van der Waals surface area contributed by atoms with Gasteiger partial charge in [0.05, 0.1) is 0 Å². The first-order chi connectivity index (χ1) is 14.0. The van der Waals surface area contributed by atoms with Crippen LogP contribution in [-0.2, 0) is 9.59 Å². The number of benzene rings is 1. The van der Waals surface area contributed by atoms with Gasteiger partial charge in [0, 0.05) is 23.5 Å². The van der Waals surface area contributed by atoms with Crippen molar-refractivity contribution in [2.45, 2.75) is 104 Å². The molecule has 0 aliphatic heterocycles. The molecule has 0 heterocycles. The van der Waals surface area contributed by atoms with Gasteiger partial charge in [0.25, 0.3) is 0 Å². The number of unbranched alkanes of at least 4 members (excludes halogenated alkanes) is 12. The number of halogens is 1. The zero-order valence-electron chi connectivity index (χ0n) is 18.4. The standard InChI is InChI=1S/C16H32O2.C8H8BrNO/c1-2-3-4-5-6-7-8-9-10-11-12-13-14-15-16(17)18;1-6(11)10-8-4-2-7(9)3-5-8/h2-15H2,1H3,(H,17,18);2-5H,1H3,(H,10,11). The van der Waals surface area contributed by atoms with Gasteiger partial charge in [-0.25, -0.2) is 0 Å². The van der Waals surface area contributed by atoms with Crippen LogP contribution in [0, 0.1) is 0 Å². The second-order valence-corrected chi connectivity index (χ2v) is 8.49. The molecule has 0 aliphatic carbocycles. The molecule has 166 valence electrons. The van der Waals surface area contributed by atoms with E-state index in [1.54, 1.807) is 0 Å². The summed E-state index contributed by atoms with van der Waals surface area (Å²) in [6.45, 7) is 3.75. The number of carboxylic acids is 1. The van der Waals surface area contributed by atoms with Crippen LogP contribution in [0.1, 0.15) is 104 Å². The van der Waals surface area contributed by atoms with Gasteiger partial charge < -0.3 is 10.4 Å². The third-order valence-corrected chi connectivity index (χ3v) is 5.19. The Labute approximate surface area is 186 Å². The molecule has 0 fully saturated rings. The summed E-state index contributed by atoms with van der Waals surface area (Å²) in [5, 5.41) is 11.2. The first-order valence-corrected chi connectivity index (χ1v) is 12.0. The topological polar surface area (TPSA) is 66.4 Å². The molecule has 5 heteroatoms. The summed E-state index contributed by atoms with van der Waals surface area (Å²) >= 11 is 3.30. The third kappa shape index (κ3) is 21.2. The van der Waals surface area contributed by atoms with E-state index in [9.17, 15) is 9.59 Å². The molecule has 0 unspecified atom stereocenters. The van der Waals surface area contributed by atoms with Crippen molar-refractivity contribution in [3.05, 3.63) is 28.7 Å². The number of amides is 1. The quantitative estimate of drug-likeness (QED) is 0.256. The molecular weight excluding hydrogens is 430 g/mol. The van der Waals surface area contributed by atoms with E-state index >= 15 is 0 Å². The van der Waals surface area contributed by atoms with Crippen LogP contribution in [-0.4, -0.2) is 17.0 Å². The van der Waals surface area contributed by atoms with Gasteiger partial charge in [-0.05, 0) is 30.7 Å². The number of carboxylic acid groups (broad SMARTS) is 1. The summed E-state index contributed by atoms with van der Waals surface area (Å²) in [7, 11) is 0. The van der Waals surface area contributed by atoms with E-state index in [-0.39, 0.29) is 5.91 Å². The van der Waals surface area contributed by atoms with Gasteiger partial charge in [-0.1, -0.05) is 99.9 Å². The normalized spacial score (nSPS) is 10.2. The SMILES string of the molecule is CC(=O)Nc1ccc(Br)cc1.CCCCCCCCCCCCCCCC(=O)O. The van der Waals surface area contributed by atoms with Crippen molar-refractivity contribution in [2.24, 2.45) is 0 Å². The summed E-state index contributed by atoms with van der Waals surface area (Å²) in [6.07, 6.45) is 17.3. The van der Waals surface area contributed by atoms with Crippen LogP contribution < -0.4 is 5.32 Å². The summed E-state index contributed by atoms with van der Waals surface area (Å²) in [4.78, 5) is 20.9. The summed E-state index contributed by atoms with van der Waals surface area (Å²) in [6, 6.07) is 7.44. The smallest absolute Gasteiger partial charge is 0.303 e. The van der Waals surface area contributed by atoms with Gasteiger partial charge in [-0.2, -0.15) is 0 Å². The van der Waals surface area contributed by atoms with Crippen LogP contribution in [0.4, 0.5) is 5.69 Å². The highest BCUT2D eigenvalue weighted by molar-refractivity contribution is 9.10. The number of rotatable bonds is 15. The Bertz CT molecular complexity index is 531. The predicted molar refractivity (Wildman–Crippen MR) is 126 cm³/mol. The predicted octanol–water partition coefficient (Wildman–Crippen LogP) is 7.96.